The van der Waals surface area contributed by atoms with Crippen LogP contribution in [0, 0.1) is 0 Å². The first kappa shape index (κ1) is 16.2. The van der Waals surface area contributed by atoms with Gasteiger partial charge < -0.3 is 10.1 Å². The maximum absolute atomic E-state index is 12.3. The molecule has 2 aromatic rings. The second kappa shape index (κ2) is 7.70. The van der Waals surface area contributed by atoms with Crippen LogP contribution in [0.4, 0.5) is 0 Å². The molecule has 1 heterocycles. The number of rotatable bonds is 5. The summed E-state index contributed by atoms with van der Waals surface area (Å²) in [6, 6.07) is 10.5. The lowest BCUT2D eigenvalue weighted by atomic mass is 10.0. The van der Waals surface area contributed by atoms with Crippen molar-refractivity contribution in [3.05, 3.63) is 64.4 Å². The van der Waals surface area contributed by atoms with E-state index in [-0.39, 0.29) is 18.3 Å². The van der Waals surface area contributed by atoms with Crippen molar-refractivity contribution in [1.29, 1.82) is 0 Å². The minimum absolute atomic E-state index is 0.0632. The molecule has 0 spiro atoms. The number of hydrogen-bond acceptors (Lipinski definition) is 4. The van der Waals surface area contributed by atoms with Gasteiger partial charge in [0.25, 0.3) is 5.91 Å². The summed E-state index contributed by atoms with van der Waals surface area (Å²) >= 11 is 3.28. The monoisotopic (exact) mass is 362 g/mol. The predicted molar refractivity (Wildman–Crippen MR) is 85.2 cm³/mol. The second-order valence-electron chi connectivity index (χ2n) is 4.61. The number of methoxy groups -OCH3 is 1. The van der Waals surface area contributed by atoms with Gasteiger partial charge in [-0.05, 0) is 27.6 Å². The van der Waals surface area contributed by atoms with E-state index < -0.39 is 6.04 Å². The summed E-state index contributed by atoms with van der Waals surface area (Å²) in [6.07, 6.45) is 3.13. The second-order valence-corrected chi connectivity index (χ2v) is 5.52. The van der Waals surface area contributed by atoms with Crippen LogP contribution >= 0.6 is 15.9 Å². The van der Waals surface area contributed by atoms with Crippen molar-refractivity contribution >= 4 is 27.8 Å². The van der Waals surface area contributed by atoms with Crippen LogP contribution in [-0.4, -0.2) is 24.0 Å². The quantitative estimate of drug-likeness (QED) is 0.830. The summed E-state index contributed by atoms with van der Waals surface area (Å²) in [6.45, 7) is 0. The molecule has 0 aliphatic heterocycles. The number of carbonyl (C=O) groups is 2. The Morgan fingerprint density at radius 1 is 1.27 bits per heavy atom. The van der Waals surface area contributed by atoms with Crippen molar-refractivity contribution in [3.63, 3.8) is 0 Å². The van der Waals surface area contributed by atoms with Gasteiger partial charge in [-0.15, -0.1) is 0 Å². The van der Waals surface area contributed by atoms with Gasteiger partial charge in [0, 0.05) is 16.9 Å². The Kier molecular flexibility index (Phi) is 5.66. The molecular weight excluding hydrogens is 348 g/mol. The lowest BCUT2D eigenvalue weighted by Gasteiger charge is -2.18. The molecule has 1 aromatic carbocycles. The SMILES string of the molecule is COC(=O)C[C@@H](NC(=O)c1cncc(Br)c1)c1ccccc1. The smallest absolute Gasteiger partial charge is 0.307 e. The lowest BCUT2D eigenvalue weighted by molar-refractivity contribution is -0.141. The molecule has 114 valence electrons. The fourth-order valence-corrected chi connectivity index (χ4v) is 2.33. The van der Waals surface area contributed by atoms with Gasteiger partial charge in [-0.2, -0.15) is 0 Å². The molecule has 0 aliphatic rings. The first-order chi connectivity index (χ1) is 10.6. The van der Waals surface area contributed by atoms with Crippen molar-refractivity contribution in [2.75, 3.05) is 7.11 Å². The highest BCUT2D eigenvalue weighted by atomic mass is 79.9. The zero-order valence-corrected chi connectivity index (χ0v) is 13.5. The van der Waals surface area contributed by atoms with E-state index in [1.165, 1.54) is 13.3 Å². The molecule has 1 atom stereocenters. The van der Waals surface area contributed by atoms with E-state index >= 15 is 0 Å². The third-order valence-electron chi connectivity index (χ3n) is 3.07. The fourth-order valence-electron chi connectivity index (χ4n) is 1.97. The van der Waals surface area contributed by atoms with Gasteiger partial charge in [0.05, 0.1) is 25.1 Å². The van der Waals surface area contributed by atoms with Crippen molar-refractivity contribution in [1.82, 2.24) is 10.3 Å². The van der Waals surface area contributed by atoms with E-state index in [1.54, 1.807) is 12.3 Å². The molecule has 0 bridgehead atoms. The zero-order chi connectivity index (χ0) is 15.9. The van der Waals surface area contributed by atoms with Crippen LogP contribution in [0.2, 0.25) is 0 Å². The highest BCUT2D eigenvalue weighted by Gasteiger charge is 2.19. The van der Waals surface area contributed by atoms with Gasteiger partial charge in [0.2, 0.25) is 0 Å². The molecule has 0 aliphatic carbocycles. The molecule has 2 rings (SSSR count). The summed E-state index contributed by atoms with van der Waals surface area (Å²) < 4.78 is 5.41. The Labute approximate surface area is 136 Å². The lowest BCUT2D eigenvalue weighted by Crippen LogP contribution is -2.30. The van der Waals surface area contributed by atoms with Crippen LogP contribution in [-0.2, 0) is 9.53 Å². The Hall–Kier alpha value is -2.21. The number of benzene rings is 1. The summed E-state index contributed by atoms with van der Waals surface area (Å²) in [7, 11) is 1.32. The number of hydrogen-bond donors (Lipinski definition) is 1. The molecule has 1 N–H and O–H groups in total. The molecule has 6 heteroatoms. The van der Waals surface area contributed by atoms with E-state index in [9.17, 15) is 9.59 Å². The molecule has 0 saturated carbocycles. The van der Waals surface area contributed by atoms with E-state index in [2.05, 4.69) is 26.2 Å². The fraction of sp³-hybridized carbons (Fsp3) is 0.188. The normalized spacial score (nSPS) is 11.5. The van der Waals surface area contributed by atoms with Gasteiger partial charge in [-0.1, -0.05) is 30.3 Å². The zero-order valence-electron chi connectivity index (χ0n) is 12.0. The molecular formula is C16H15BrN2O3. The summed E-state index contributed by atoms with van der Waals surface area (Å²) in [5.41, 5.74) is 1.25. The number of ether oxygens (including phenoxy) is 1. The molecule has 0 fully saturated rings. The average Bonchev–Trinajstić information content (AvgIpc) is 2.54. The minimum atomic E-state index is -0.458. The molecule has 5 nitrogen and oxygen atoms in total. The number of aromatic nitrogens is 1. The Morgan fingerprint density at radius 2 is 2.00 bits per heavy atom. The maximum Gasteiger partial charge on any atom is 0.307 e. The van der Waals surface area contributed by atoms with Crippen molar-refractivity contribution in [2.24, 2.45) is 0 Å². The topological polar surface area (TPSA) is 68.3 Å². The summed E-state index contributed by atoms with van der Waals surface area (Å²) in [5.74, 6) is -0.687. The van der Waals surface area contributed by atoms with Gasteiger partial charge in [0.15, 0.2) is 0 Å². The van der Waals surface area contributed by atoms with Crippen LogP contribution in [0.1, 0.15) is 28.4 Å². The number of nitrogens with zero attached hydrogens (tertiary/aromatic N) is 1. The Morgan fingerprint density at radius 3 is 2.64 bits per heavy atom. The van der Waals surface area contributed by atoms with Crippen LogP contribution in [0.5, 0.6) is 0 Å². The summed E-state index contributed by atoms with van der Waals surface area (Å²) in [5, 5.41) is 2.84. The van der Waals surface area contributed by atoms with E-state index in [1.807, 2.05) is 30.3 Å². The Bertz CT molecular complexity index is 661. The molecule has 22 heavy (non-hydrogen) atoms. The first-order valence-electron chi connectivity index (χ1n) is 6.63. The van der Waals surface area contributed by atoms with E-state index in [0.717, 1.165) is 5.56 Å². The van der Waals surface area contributed by atoms with Gasteiger partial charge >= 0.3 is 5.97 Å². The van der Waals surface area contributed by atoms with Crippen LogP contribution in [0.3, 0.4) is 0 Å². The molecule has 1 amide bonds. The number of amides is 1. The van der Waals surface area contributed by atoms with E-state index in [0.29, 0.717) is 10.0 Å². The van der Waals surface area contributed by atoms with Crippen molar-refractivity contribution in [2.45, 2.75) is 12.5 Å². The number of esters is 1. The van der Waals surface area contributed by atoms with Crippen LogP contribution in [0.25, 0.3) is 0 Å². The molecule has 0 saturated heterocycles. The van der Waals surface area contributed by atoms with Gasteiger partial charge in [0.1, 0.15) is 0 Å². The predicted octanol–water partition coefficient (Wildman–Crippen LogP) is 2.88. The van der Waals surface area contributed by atoms with Gasteiger partial charge in [-0.25, -0.2) is 0 Å². The third-order valence-corrected chi connectivity index (χ3v) is 3.51. The average molecular weight is 363 g/mol. The maximum atomic E-state index is 12.3. The number of carbonyl (C=O) groups excluding carboxylic acids is 2. The largest absolute Gasteiger partial charge is 0.469 e. The standard InChI is InChI=1S/C16H15BrN2O3/c1-22-15(20)8-14(11-5-3-2-4-6-11)19-16(21)12-7-13(17)10-18-9-12/h2-7,9-10,14H,8H2,1H3,(H,19,21)/t14-/m1/s1. The molecule has 1 aromatic heterocycles. The minimum Gasteiger partial charge on any atom is -0.469 e. The third kappa shape index (κ3) is 4.39. The Balaban J connectivity index is 2.19. The van der Waals surface area contributed by atoms with Crippen LogP contribution in [0.15, 0.2) is 53.3 Å². The first-order valence-corrected chi connectivity index (χ1v) is 7.42. The molecule has 0 unspecified atom stereocenters. The number of pyridine rings is 1. The highest BCUT2D eigenvalue weighted by molar-refractivity contribution is 9.10. The number of nitrogens with one attached hydrogen (secondary N) is 1. The molecule has 0 radical (unpaired) electrons. The number of halogens is 1. The summed E-state index contributed by atoms with van der Waals surface area (Å²) in [4.78, 5) is 27.9. The van der Waals surface area contributed by atoms with Crippen LogP contribution < -0.4 is 5.32 Å². The van der Waals surface area contributed by atoms with Crippen molar-refractivity contribution < 1.29 is 14.3 Å². The highest BCUT2D eigenvalue weighted by Crippen LogP contribution is 2.18. The van der Waals surface area contributed by atoms with E-state index in [4.69, 9.17) is 4.74 Å². The van der Waals surface area contributed by atoms with Gasteiger partial charge in [-0.3, -0.25) is 14.6 Å². The van der Waals surface area contributed by atoms with Crippen molar-refractivity contribution in [3.8, 4) is 0 Å².